The molecule has 0 unspecified atom stereocenters. The number of sulfone groups is 1. The molecule has 0 fully saturated rings. The molecule has 0 aliphatic heterocycles. The van der Waals surface area contributed by atoms with Crippen LogP contribution in [0.25, 0.3) is 0 Å². The average Bonchev–Trinajstić information content (AvgIpc) is 3.15. The molecule has 0 bridgehead atoms. The van der Waals surface area contributed by atoms with Crippen molar-refractivity contribution >= 4 is 15.7 Å². The first-order chi connectivity index (χ1) is 13.8. The van der Waals surface area contributed by atoms with Gasteiger partial charge in [0, 0.05) is 6.04 Å². The minimum atomic E-state index is -3.54. The minimum Gasteiger partial charge on any atom is -0.455 e. The summed E-state index contributed by atoms with van der Waals surface area (Å²) in [4.78, 5) is 12.7. The van der Waals surface area contributed by atoms with Gasteiger partial charge < -0.3 is 9.73 Å². The van der Waals surface area contributed by atoms with E-state index in [0.717, 1.165) is 12.8 Å². The summed E-state index contributed by atoms with van der Waals surface area (Å²) in [6.07, 6.45) is 1.66. The van der Waals surface area contributed by atoms with Crippen molar-refractivity contribution in [2.24, 2.45) is 0 Å². The van der Waals surface area contributed by atoms with E-state index in [1.54, 1.807) is 37.3 Å². The van der Waals surface area contributed by atoms with Gasteiger partial charge in [0.2, 0.25) is 0 Å². The van der Waals surface area contributed by atoms with E-state index in [9.17, 15) is 13.2 Å². The average molecular weight is 412 g/mol. The van der Waals surface area contributed by atoms with Crippen LogP contribution in [-0.2, 0) is 22.0 Å². The van der Waals surface area contributed by atoms with Gasteiger partial charge in [0.15, 0.2) is 15.6 Å². The van der Waals surface area contributed by atoms with Crippen molar-refractivity contribution in [1.82, 2.24) is 5.32 Å². The molecule has 2 aromatic carbocycles. The highest BCUT2D eigenvalue weighted by molar-refractivity contribution is 7.90. The van der Waals surface area contributed by atoms with Gasteiger partial charge >= 0.3 is 0 Å². The third-order valence-electron chi connectivity index (χ3n) is 4.73. The maximum atomic E-state index is 12.6. The van der Waals surface area contributed by atoms with Crippen molar-refractivity contribution in [1.29, 1.82) is 0 Å². The Hall–Kier alpha value is -2.86. The fourth-order valence-corrected chi connectivity index (χ4v) is 4.67. The van der Waals surface area contributed by atoms with Crippen LogP contribution in [0.15, 0.2) is 76.0 Å². The Morgan fingerprint density at radius 3 is 2.41 bits per heavy atom. The van der Waals surface area contributed by atoms with Gasteiger partial charge in [-0.25, -0.2) is 8.42 Å². The van der Waals surface area contributed by atoms with E-state index in [1.807, 2.05) is 25.1 Å². The Morgan fingerprint density at radius 1 is 1.00 bits per heavy atom. The van der Waals surface area contributed by atoms with Gasteiger partial charge in [-0.15, -0.1) is 0 Å². The maximum absolute atomic E-state index is 12.6. The van der Waals surface area contributed by atoms with Crippen LogP contribution in [0.2, 0.25) is 0 Å². The van der Waals surface area contributed by atoms with Gasteiger partial charge in [0.05, 0.1) is 4.90 Å². The van der Waals surface area contributed by atoms with Crippen molar-refractivity contribution < 1.29 is 17.6 Å². The number of rotatable bonds is 8. The van der Waals surface area contributed by atoms with E-state index >= 15 is 0 Å². The number of carbonyl (C=O) groups is 1. The van der Waals surface area contributed by atoms with Crippen molar-refractivity contribution in [3.63, 3.8) is 0 Å². The summed E-state index contributed by atoms with van der Waals surface area (Å²) in [7, 11) is -3.54. The molecule has 0 saturated carbocycles. The first-order valence-corrected chi connectivity index (χ1v) is 11.2. The molecule has 1 amide bonds. The largest absolute Gasteiger partial charge is 0.455 e. The maximum Gasteiger partial charge on any atom is 0.287 e. The number of hydrogen-bond donors (Lipinski definition) is 1. The monoisotopic (exact) mass is 411 g/mol. The highest BCUT2D eigenvalue weighted by atomic mass is 32.2. The molecule has 3 rings (SSSR count). The van der Waals surface area contributed by atoms with Gasteiger partial charge in [0.25, 0.3) is 5.91 Å². The smallest absolute Gasteiger partial charge is 0.287 e. The Balaban J connectivity index is 1.59. The summed E-state index contributed by atoms with van der Waals surface area (Å²) in [5.74, 6) is -0.263. The van der Waals surface area contributed by atoms with Crippen LogP contribution in [0.5, 0.6) is 0 Å². The van der Waals surface area contributed by atoms with Crippen molar-refractivity contribution in [3.8, 4) is 0 Å². The number of carbonyl (C=O) groups excluding carboxylic acids is 1. The molecule has 1 aromatic heterocycles. The van der Waals surface area contributed by atoms with E-state index in [1.165, 1.54) is 11.6 Å². The number of aryl methyl sites for hydroxylation is 2. The summed E-state index contributed by atoms with van der Waals surface area (Å²) in [5.41, 5.74) is 1.90. The Morgan fingerprint density at radius 2 is 1.69 bits per heavy atom. The molecule has 1 atom stereocenters. The Kier molecular flexibility index (Phi) is 6.54. The molecule has 29 heavy (non-hydrogen) atoms. The topological polar surface area (TPSA) is 76.4 Å². The lowest BCUT2D eigenvalue weighted by molar-refractivity contribution is 0.0909. The summed E-state index contributed by atoms with van der Waals surface area (Å²) in [5, 5.41) is 2.90. The van der Waals surface area contributed by atoms with E-state index in [0.29, 0.717) is 5.56 Å². The zero-order valence-electron chi connectivity index (χ0n) is 16.6. The summed E-state index contributed by atoms with van der Waals surface area (Å²) >= 11 is 0. The molecule has 5 nitrogen and oxygen atoms in total. The van der Waals surface area contributed by atoms with Gasteiger partial charge in [0.1, 0.15) is 11.5 Å². The zero-order valence-corrected chi connectivity index (χ0v) is 17.4. The number of furan rings is 1. The number of benzene rings is 2. The van der Waals surface area contributed by atoms with Gasteiger partial charge in [-0.2, -0.15) is 0 Å². The Labute approximate surface area is 171 Å². The quantitative estimate of drug-likeness (QED) is 0.599. The third-order valence-corrected chi connectivity index (χ3v) is 6.53. The summed E-state index contributed by atoms with van der Waals surface area (Å²) in [6.45, 7) is 3.69. The van der Waals surface area contributed by atoms with Crippen molar-refractivity contribution in [2.75, 3.05) is 0 Å². The van der Waals surface area contributed by atoms with E-state index in [4.69, 9.17) is 4.42 Å². The minimum absolute atomic E-state index is 0.0352. The number of nitrogens with one attached hydrogen (secondary N) is 1. The van der Waals surface area contributed by atoms with Crippen LogP contribution in [0.4, 0.5) is 0 Å². The van der Waals surface area contributed by atoms with Crippen LogP contribution in [0.3, 0.4) is 0 Å². The molecule has 1 N–H and O–H groups in total. The lowest BCUT2D eigenvalue weighted by atomic mass is 10.1. The van der Waals surface area contributed by atoms with Crippen LogP contribution in [0, 0.1) is 6.92 Å². The number of amides is 1. The standard InChI is InChI=1S/C23H25NO4S/c1-17-8-6-7-11-22(17)29(26,27)16-20-14-15-21(28-20)23(25)24-18(2)12-13-19-9-4-3-5-10-19/h3-11,14-15,18H,12-13,16H2,1-2H3,(H,24,25)/t18-/m1/s1. The molecule has 0 spiro atoms. The molecule has 152 valence electrons. The molecule has 3 aromatic rings. The predicted molar refractivity (Wildman–Crippen MR) is 112 cm³/mol. The second kappa shape index (κ2) is 9.09. The molecule has 0 saturated heterocycles. The normalized spacial score (nSPS) is 12.5. The van der Waals surface area contributed by atoms with Crippen molar-refractivity contribution in [3.05, 3.63) is 89.4 Å². The first-order valence-electron chi connectivity index (χ1n) is 9.57. The van der Waals surface area contributed by atoms with E-state index in [-0.39, 0.29) is 34.1 Å². The SMILES string of the molecule is Cc1ccccc1S(=O)(=O)Cc1ccc(C(=O)N[C@H](C)CCc2ccccc2)o1. The highest BCUT2D eigenvalue weighted by Gasteiger charge is 2.21. The zero-order chi connectivity index (χ0) is 20.9. The van der Waals surface area contributed by atoms with E-state index < -0.39 is 9.84 Å². The van der Waals surface area contributed by atoms with Crippen LogP contribution >= 0.6 is 0 Å². The van der Waals surface area contributed by atoms with Gasteiger partial charge in [-0.3, -0.25) is 4.79 Å². The second-order valence-electron chi connectivity index (χ2n) is 7.19. The number of hydrogen-bond acceptors (Lipinski definition) is 4. The summed E-state index contributed by atoms with van der Waals surface area (Å²) in [6, 6.07) is 19.9. The van der Waals surface area contributed by atoms with E-state index in [2.05, 4.69) is 17.4 Å². The van der Waals surface area contributed by atoms with Gasteiger partial charge in [-0.05, 0) is 56.0 Å². The van der Waals surface area contributed by atoms with Gasteiger partial charge in [-0.1, -0.05) is 48.5 Å². The second-order valence-corrected chi connectivity index (χ2v) is 9.15. The highest BCUT2D eigenvalue weighted by Crippen LogP contribution is 2.21. The molecule has 0 aliphatic rings. The molecule has 1 heterocycles. The lowest BCUT2D eigenvalue weighted by Crippen LogP contribution is -2.32. The molecular formula is C23H25NO4S. The molecular weight excluding hydrogens is 386 g/mol. The Bertz CT molecular complexity index is 1070. The predicted octanol–water partition coefficient (Wildman–Crippen LogP) is 4.31. The lowest BCUT2D eigenvalue weighted by Gasteiger charge is -2.12. The third kappa shape index (κ3) is 5.57. The molecule has 6 heteroatoms. The molecule has 0 aliphatic carbocycles. The van der Waals surface area contributed by atoms with Crippen molar-refractivity contribution in [2.45, 2.75) is 43.4 Å². The fourth-order valence-electron chi connectivity index (χ4n) is 3.14. The fraction of sp³-hybridized carbons (Fsp3) is 0.261. The van der Waals surface area contributed by atoms with Crippen LogP contribution in [-0.4, -0.2) is 20.4 Å². The van der Waals surface area contributed by atoms with Crippen LogP contribution < -0.4 is 5.32 Å². The summed E-state index contributed by atoms with van der Waals surface area (Å²) < 4.78 is 30.8. The van der Waals surface area contributed by atoms with Crippen LogP contribution in [0.1, 0.15) is 40.8 Å². The molecule has 0 radical (unpaired) electrons. The first kappa shape index (κ1) is 20.9.